The van der Waals surface area contributed by atoms with Crippen molar-refractivity contribution in [3.63, 3.8) is 0 Å². The third-order valence-electron chi connectivity index (χ3n) is 0.568. The van der Waals surface area contributed by atoms with Crippen LogP contribution in [0.3, 0.4) is 0 Å². The zero-order valence-corrected chi connectivity index (χ0v) is 6.14. The molecule has 1 aromatic heterocycles. The first-order valence-electron chi connectivity index (χ1n) is 2.82. The summed E-state index contributed by atoms with van der Waals surface area (Å²) in [4.78, 5) is 0.289. The number of nitriles is 1. The van der Waals surface area contributed by atoms with E-state index in [2.05, 4.69) is 15.9 Å². The minimum absolute atomic E-state index is 0.0133. The van der Waals surface area contributed by atoms with Crippen LogP contribution in [0.4, 0.5) is 0 Å². The molecule has 0 aliphatic heterocycles. The Morgan fingerprint density at radius 3 is 2.88 bits per heavy atom. The maximum atomic E-state index is 8.39. The van der Waals surface area contributed by atoms with Gasteiger partial charge in [-0.3, -0.25) is 0 Å². The molecule has 0 atom stereocenters. The number of hydrogen-bond acceptors (Lipinski definition) is 2. The van der Waals surface area contributed by atoms with Gasteiger partial charge in [0.2, 0.25) is 0 Å². The largest absolute Gasteiger partial charge is 0.192 e. The van der Waals surface area contributed by atoms with Crippen molar-refractivity contribution < 1.29 is 2.74 Å². The number of rotatable bonds is 0. The Kier molecular flexibility index (Phi) is 1.05. The van der Waals surface area contributed by atoms with Crippen LogP contribution in [0, 0.1) is 11.3 Å². The molecule has 0 N–H and O–H groups in total. The van der Waals surface area contributed by atoms with Crippen LogP contribution in [-0.4, -0.2) is 0 Å². The van der Waals surface area contributed by atoms with Gasteiger partial charge >= 0.3 is 0 Å². The molecule has 1 nitrogen and oxygen atoms in total. The van der Waals surface area contributed by atoms with E-state index in [1.807, 2.05) is 6.07 Å². The molecule has 3 heteroatoms. The summed E-state index contributed by atoms with van der Waals surface area (Å²) in [6.07, 6.45) is 0. The van der Waals surface area contributed by atoms with Gasteiger partial charge in [-0.25, -0.2) is 0 Å². The molecule has 0 unspecified atom stereocenters. The van der Waals surface area contributed by atoms with Crippen LogP contribution in [-0.2, 0) is 0 Å². The summed E-state index contributed by atoms with van der Waals surface area (Å²) >= 11 is 4.19. The highest BCUT2D eigenvalue weighted by Crippen LogP contribution is 2.20. The van der Waals surface area contributed by atoms with Gasteiger partial charge in [0.25, 0.3) is 0 Å². The molecule has 0 fully saturated rings. The Hall–Kier alpha value is -0.330. The molecule has 0 radical (unpaired) electrons. The molecule has 0 bridgehead atoms. The Bertz CT molecular complexity index is 301. The van der Waals surface area contributed by atoms with Crippen LogP contribution in [0.15, 0.2) is 15.9 Å². The second kappa shape index (κ2) is 2.29. The molecule has 0 saturated heterocycles. The van der Waals surface area contributed by atoms with Crippen molar-refractivity contribution in [2.45, 2.75) is 0 Å². The molecule has 1 rings (SSSR count). The van der Waals surface area contributed by atoms with Gasteiger partial charge in [-0.1, -0.05) is 0 Å². The second-order valence-corrected chi connectivity index (χ2v) is 3.41. The SMILES string of the molecule is [2H]c1c(Br)sc(C#N)c1[2H]. The average molecular weight is 190 g/mol. The van der Waals surface area contributed by atoms with Gasteiger partial charge in [-0.05, 0) is 28.0 Å². The molecular formula is C5H2BrNS. The lowest BCUT2D eigenvalue weighted by Crippen LogP contribution is -1.50. The Labute approximate surface area is 62.5 Å². The predicted molar refractivity (Wildman–Crippen MR) is 36.7 cm³/mol. The molecule has 0 saturated carbocycles. The van der Waals surface area contributed by atoms with E-state index in [0.29, 0.717) is 3.79 Å². The minimum atomic E-state index is 0.0133. The van der Waals surface area contributed by atoms with Crippen LogP contribution >= 0.6 is 27.3 Å². The smallest absolute Gasteiger partial charge is 0.110 e. The molecule has 8 heavy (non-hydrogen) atoms. The van der Waals surface area contributed by atoms with Crippen molar-refractivity contribution in [1.29, 1.82) is 5.26 Å². The molecule has 0 aliphatic rings. The van der Waals surface area contributed by atoms with E-state index in [9.17, 15) is 0 Å². The molecule has 0 aromatic carbocycles. The first-order valence-corrected chi connectivity index (χ1v) is 3.43. The van der Waals surface area contributed by atoms with Crippen LogP contribution in [0.25, 0.3) is 0 Å². The zero-order valence-electron chi connectivity index (χ0n) is 5.73. The molecule has 1 aromatic rings. The third kappa shape index (κ3) is 1.09. The minimum Gasteiger partial charge on any atom is -0.192 e. The normalized spacial score (nSPS) is 12.0. The van der Waals surface area contributed by atoms with E-state index in [4.69, 9.17) is 8.00 Å². The van der Waals surface area contributed by atoms with Gasteiger partial charge in [0.05, 0.1) is 6.53 Å². The average Bonchev–Trinajstić information content (AvgIpc) is 2.17. The highest BCUT2D eigenvalue weighted by atomic mass is 79.9. The Balaban J connectivity index is 3.34. The van der Waals surface area contributed by atoms with Gasteiger partial charge in [-0.15, -0.1) is 11.3 Å². The van der Waals surface area contributed by atoms with Crippen molar-refractivity contribution in [3.05, 3.63) is 20.7 Å². The first kappa shape index (κ1) is 3.65. The molecule has 0 amide bonds. The van der Waals surface area contributed by atoms with Crippen molar-refractivity contribution in [2.24, 2.45) is 0 Å². The molecule has 0 spiro atoms. The third-order valence-corrected chi connectivity index (χ3v) is 1.93. The maximum Gasteiger partial charge on any atom is 0.110 e. The molecule has 40 valence electrons. The second-order valence-electron chi connectivity index (χ2n) is 1.07. The fourth-order valence-corrected chi connectivity index (χ4v) is 1.31. The van der Waals surface area contributed by atoms with Gasteiger partial charge < -0.3 is 0 Å². The van der Waals surface area contributed by atoms with Crippen molar-refractivity contribution in [3.8, 4) is 6.07 Å². The fraction of sp³-hybridized carbons (Fsp3) is 0. The highest BCUT2D eigenvalue weighted by Gasteiger charge is 1.91. The lowest BCUT2D eigenvalue weighted by Gasteiger charge is -1.67. The lowest BCUT2D eigenvalue weighted by molar-refractivity contribution is 1.52. The van der Waals surface area contributed by atoms with Gasteiger partial charge in [0.15, 0.2) is 0 Å². The number of halogens is 1. The van der Waals surface area contributed by atoms with Crippen molar-refractivity contribution in [1.82, 2.24) is 0 Å². The van der Waals surface area contributed by atoms with Crippen molar-refractivity contribution in [2.75, 3.05) is 0 Å². The van der Waals surface area contributed by atoms with E-state index < -0.39 is 0 Å². The van der Waals surface area contributed by atoms with E-state index in [1.54, 1.807) is 0 Å². The summed E-state index contributed by atoms with van der Waals surface area (Å²) in [6.45, 7) is 0. The molecular weight excluding hydrogens is 186 g/mol. The quantitative estimate of drug-likeness (QED) is 0.616. The highest BCUT2D eigenvalue weighted by molar-refractivity contribution is 9.11. The lowest BCUT2D eigenvalue weighted by atomic mass is 10.5. The van der Waals surface area contributed by atoms with Gasteiger partial charge in [-0.2, -0.15) is 5.26 Å². The van der Waals surface area contributed by atoms with Crippen LogP contribution in [0.5, 0.6) is 0 Å². The Morgan fingerprint density at radius 1 is 1.88 bits per heavy atom. The summed E-state index contributed by atoms with van der Waals surface area (Å²) < 4.78 is 14.9. The maximum absolute atomic E-state index is 8.39. The first-order chi connectivity index (χ1) is 4.66. The van der Waals surface area contributed by atoms with Crippen LogP contribution in [0.2, 0.25) is 0 Å². The van der Waals surface area contributed by atoms with Crippen LogP contribution in [0.1, 0.15) is 7.62 Å². The summed E-state index contributed by atoms with van der Waals surface area (Å²) in [5.74, 6) is 0. The van der Waals surface area contributed by atoms with E-state index in [0.717, 1.165) is 11.3 Å². The standard InChI is InChI=1S/C5H2BrNS/c6-5-2-1-4(3-7)8-5/h1-2H/i1D,2D. The number of nitrogens with zero attached hydrogens (tertiary/aromatic N) is 1. The van der Waals surface area contributed by atoms with Crippen molar-refractivity contribution >= 4 is 27.3 Å². The fourth-order valence-electron chi connectivity index (χ4n) is 0.297. The topological polar surface area (TPSA) is 23.8 Å². The van der Waals surface area contributed by atoms with Gasteiger partial charge in [0.1, 0.15) is 10.9 Å². The summed E-state index contributed by atoms with van der Waals surface area (Å²) in [7, 11) is 0. The monoisotopic (exact) mass is 189 g/mol. The van der Waals surface area contributed by atoms with Crippen LogP contribution < -0.4 is 0 Å². The summed E-state index contributed by atoms with van der Waals surface area (Å²) in [6, 6.07) is 1.95. The summed E-state index contributed by atoms with van der Waals surface area (Å²) in [5.41, 5.74) is 0. The summed E-state index contributed by atoms with van der Waals surface area (Å²) in [5, 5.41) is 8.39. The van der Waals surface area contributed by atoms with E-state index in [1.165, 1.54) is 0 Å². The predicted octanol–water partition coefficient (Wildman–Crippen LogP) is 2.38. The molecule has 0 aliphatic carbocycles. The van der Waals surface area contributed by atoms with Gasteiger partial charge in [0, 0.05) is 0 Å². The number of hydrogen-bond donors (Lipinski definition) is 0. The van der Waals surface area contributed by atoms with E-state index in [-0.39, 0.29) is 17.0 Å². The zero-order chi connectivity index (χ0) is 7.72. The van der Waals surface area contributed by atoms with E-state index >= 15 is 0 Å². The Morgan fingerprint density at radius 2 is 2.62 bits per heavy atom. The molecule has 1 heterocycles. The number of thiophene rings is 1.